The van der Waals surface area contributed by atoms with Crippen LogP contribution in [0.1, 0.15) is 11.4 Å². The summed E-state index contributed by atoms with van der Waals surface area (Å²) in [4.78, 5) is 19.1. The molecule has 0 unspecified atom stereocenters. The van der Waals surface area contributed by atoms with Gasteiger partial charge in [0.25, 0.3) is 5.56 Å². The van der Waals surface area contributed by atoms with E-state index >= 15 is 0 Å². The third kappa shape index (κ3) is 2.76. The van der Waals surface area contributed by atoms with Crippen molar-refractivity contribution in [3.8, 4) is 6.07 Å². The molecule has 0 aliphatic rings. The molecule has 0 fully saturated rings. The highest BCUT2D eigenvalue weighted by atomic mass is 35.5. The van der Waals surface area contributed by atoms with E-state index in [0.29, 0.717) is 21.5 Å². The summed E-state index contributed by atoms with van der Waals surface area (Å²) < 4.78 is 0. The molecular formula is C17H10ClN3O. The molecule has 3 aromatic rings. The average Bonchev–Trinajstić information content (AvgIpc) is 2.54. The minimum atomic E-state index is -0.322. The first-order valence-corrected chi connectivity index (χ1v) is 6.92. The van der Waals surface area contributed by atoms with Gasteiger partial charge in [0.15, 0.2) is 5.82 Å². The van der Waals surface area contributed by atoms with Crippen LogP contribution in [0.2, 0.25) is 5.02 Å². The second kappa shape index (κ2) is 5.84. The Labute approximate surface area is 131 Å². The Balaban J connectivity index is 2.17. The van der Waals surface area contributed by atoms with Crippen molar-refractivity contribution in [1.29, 1.82) is 5.26 Å². The summed E-state index contributed by atoms with van der Waals surface area (Å²) >= 11 is 5.88. The summed E-state index contributed by atoms with van der Waals surface area (Å²) in [5, 5.41) is 10.2. The number of aromatic nitrogens is 2. The van der Waals surface area contributed by atoms with Crippen LogP contribution in [-0.4, -0.2) is 9.97 Å². The van der Waals surface area contributed by atoms with Crippen LogP contribution in [0.15, 0.2) is 53.3 Å². The van der Waals surface area contributed by atoms with Crippen molar-refractivity contribution < 1.29 is 0 Å². The van der Waals surface area contributed by atoms with Crippen molar-refractivity contribution >= 4 is 34.2 Å². The minimum absolute atomic E-state index is 0.242. The van der Waals surface area contributed by atoms with Gasteiger partial charge in [0.05, 0.1) is 16.5 Å². The fraction of sp³-hybridized carbons (Fsp3) is 0. The molecule has 22 heavy (non-hydrogen) atoms. The van der Waals surface area contributed by atoms with Gasteiger partial charge in [-0.15, -0.1) is 0 Å². The molecular weight excluding hydrogens is 298 g/mol. The molecule has 0 atom stereocenters. The van der Waals surface area contributed by atoms with Crippen LogP contribution in [-0.2, 0) is 0 Å². The van der Waals surface area contributed by atoms with E-state index in [1.165, 1.54) is 0 Å². The van der Waals surface area contributed by atoms with E-state index in [9.17, 15) is 10.1 Å². The largest absolute Gasteiger partial charge is 0.305 e. The number of fused-ring (bicyclic) bond motifs is 1. The molecule has 1 aromatic heterocycles. The Hall–Kier alpha value is -2.90. The summed E-state index contributed by atoms with van der Waals surface area (Å²) in [6, 6.07) is 16.3. The first kappa shape index (κ1) is 14.1. The number of hydrogen-bond acceptors (Lipinski definition) is 3. The number of benzene rings is 2. The molecule has 0 saturated carbocycles. The van der Waals surface area contributed by atoms with Crippen LogP contribution in [0.4, 0.5) is 0 Å². The molecule has 0 aliphatic heterocycles. The normalized spacial score (nSPS) is 11.4. The van der Waals surface area contributed by atoms with Crippen LogP contribution < -0.4 is 5.56 Å². The lowest BCUT2D eigenvalue weighted by Crippen LogP contribution is -2.11. The fourth-order valence-electron chi connectivity index (χ4n) is 2.11. The predicted molar refractivity (Wildman–Crippen MR) is 87.3 cm³/mol. The number of nitrogens with one attached hydrogen (secondary N) is 1. The molecule has 4 nitrogen and oxygen atoms in total. The van der Waals surface area contributed by atoms with Crippen molar-refractivity contribution in [3.05, 3.63) is 75.3 Å². The summed E-state index contributed by atoms with van der Waals surface area (Å²) in [6.07, 6.45) is 1.68. The molecule has 5 heteroatoms. The lowest BCUT2D eigenvalue weighted by Gasteiger charge is -2.02. The molecule has 106 valence electrons. The number of hydrogen-bond donors (Lipinski definition) is 1. The summed E-state index contributed by atoms with van der Waals surface area (Å²) in [7, 11) is 0. The Morgan fingerprint density at radius 3 is 2.73 bits per heavy atom. The maximum Gasteiger partial charge on any atom is 0.259 e. The van der Waals surface area contributed by atoms with Gasteiger partial charge in [0.1, 0.15) is 6.07 Å². The Morgan fingerprint density at radius 1 is 1.23 bits per heavy atom. The molecule has 2 aromatic carbocycles. The van der Waals surface area contributed by atoms with Gasteiger partial charge in [0, 0.05) is 5.02 Å². The van der Waals surface area contributed by atoms with Crippen molar-refractivity contribution in [1.82, 2.24) is 9.97 Å². The highest BCUT2D eigenvalue weighted by Gasteiger charge is 2.08. The number of aromatic amines is 1. The van der Waals surface area contributed by atoms with Gasteiger partial charge in [-0.25, -0.2) is 4.98 Å². The van der Waals surface area contributed by atoms with Crippen LogP contribution in [0.5, 0.6) is 0 Å². The average molecular weight is 308 g/mol. The Morgan fingerprint density at radius 2 is 2.00 bits per heavy atom. The van der Waals surface area contributed by atoms with E-state index in [2.05, 4.69) is 16.0 Å². The molecule has 3 rings (SSSR count). The number of nitrogens with zero attached hydrogens (tertiary/aromatic N) is 2. The second-order valence-electron chi connectivity index (χ2n) is 4.66. The number of halogens is 1. The van der Waals surface area contributed by atoms with Gasteiger partial charge in [-0.3, -0.25) is 4.79 Å². The SMILES string of the molecule is N#C/C(=C\c1ccccc1)c1nc2ccc(Cl)cc2c(=O)[nH]1. The zero-order valence-corrected chi connectivity index (χ0v) is 12.1. The van der Waals surface area contributed by atoms with E-state index in [1.807, 2.05) is 30.3 Å². The third-order valence-electron chi connectivity index (χ3n) is 3.15. The smallest absolute Gasteiger partial charge is 0.259 e. The summed E-state index contributed by atoms with van der Waals surface area (Å²) in [6.45, 7) is 0. The lowest BCUT2D eigenvalue weighted by atomic mass is 10.1. The highest BCUT2D eigenvalue weighted by molar-refractivity contribution is 6.31. The summed E-state index contributed by atoms with van der Waals surface area (Å²) in [5.41, 5.74) is 1.33. The number of allylic oxidation sites excluding steroid dienone is 1. The van der Waals surface area contributed by atoms with Gasteiger partial charge in [0.2, 0.25) is 0 Å². The molecule has 0 amide bonds. The molecule has 0 spiro atoms. The van der Waals surface area contributed by atoms with Crippen LogP contribution in [0, 0.1) is 11.3 Å². The Kier molecular flexibility index (Phi) is 3.73. The third-order valence-corrected chi connectivity index (χ3v) is 3.39. The molecule has 0 bridgehead atoms. The Bertz CT molecular complexity index is 969. The van der Waals surface area contributed by atoms with Gasteiger partial charge in [-0.2, -0.15) is 5.26 Å². The van der Waals surface area contributed by atoms with Gasteiger partial charge >= 0.3 is 0 Å². The van der Waals surface area contributed by atoms with Crippen molar-refractivity contribution in [2.75, 3.05) is 0 Å². The van der Waals surface area contributed by atoms with E-state index in [4.69, 9.17) is 11.6 Å². The molecule has 0 saturated heterocycles. The fourth-order valence-corrected chi connectivity index (χ4v) is 2.28. The number of nitriles is 1. The van der Waals surface area contributed by atoms with Crippen molar-refractivity contribution in [2.45, 2.75) is 0 Å². The van der Waals surface area contributed by atoms with E-state index in [0.717, 1.165) is 5.56 Å². The zero-order chi connectivity index (χ0) is 15.5. The van der Waals surface area contributed by atoms with Crippen LogP contribution in [0.3, 0.4) is 0 Å². The predicted octanol–water partition coefficient (Wildman–Crippen LogP) is 3.64. The van der Waals surface area contributed by atoms with Gasteiger partial charge in [-0.05, 0) is 29.8 Å². The number of H-pyrrole nitrogens is 1. The maximum absolute atomic E-state index is 12.1. The summed E-state index contributed by atoms with van der Waals surface area (Å²) in [5.74, 6) is 0.242. The lowest BCUT2D eigenvalue weighted by molar-refractivity contribution is 1.13. The van der Waals surface area contributed by atoms with E-state index in [-0.39, 0.29) is 11.4 Å². The van der Waals surface area contributed by atoms with Crippen LogP contribution in [0.25, 0.3) is 22.6 Å². The molecule has 0 radical (unpaired) electrons. The molecule has 1 heterocycles. The quantitative estimate of drug-likeness (QED) is 0.735. The second-order valence-corrected chi connectivity index (χ2v) is 5.09. The van der Waals surface area contributed by atoms with Crippen molar-refractivity contribution in [2.24, 2.45) is 0 Å². The van der Waals surface area contributed by atoms with Gasteiger partial charge in [-0.1, -0.05) is 41.9 Å². The molecule has 1 N–H and O–H groups in total. The van der Waals surface area contributed by atoms with Gasteiger partial charge < -0.3 is 4.98 Å². The standard InChI is InChI=1S/C17H10ClN3O/c18-13-6-7-15-14(9-13)17(22)21-16(20-15)12(10-19)8-11-4-2-1-3-5-11/h1-9H,(H,20,21,22)/b12-8+. The monoisotopic (exact) mass is 307 g/mol. The topological polar surface area (TPSA) is 69.5 Å². The first-order chi connectivity index (χ1) is 10.7. The van der Waals surface area contributed by atoms with E-state index in [1.54, 1.807) is 24.3 Å². The molecule has 0 aliphatic carbocycles. The first-order valence-electron chi connectivity index (χ1n) is 6.54. The van der Waals surface area contributed by atoms with Crippen molar-refractivity contribution in [3.63, 3.8) is 0 Å². The minimum Gasteiger partial charge on any atom is -0.305 e. The highest BCUT2D eigenvalue weighted by Crippen LogP contribution is 2.18. The number of rotatable bonds is 2. The zero-order valence-electron chi connectivity index (χ0n) is 11.4. The van der Waals surface area contributed by atoms with E-state index < -0.39 is 0 Å². The maximum atomic E-state index is 12.1. The van der Waals surface area contributed by atoms with Crippen LogP contribution >= 0.6 is 11.6 Å².